The number of hydrogen-bond donors (Lipinski definition) is 2. The maximum Gasteiger partial charge on any atom is 0.320 e. The van der Waals surface area contributed by atoms with Crippen molar-refractivity contribution in [3.05, 3.63) is 78.2 Å². The van der Waals surface area contributed by atoms with Gasteiger partial charge in [0.1, 0.15) is 5.82 Å². The third-order valence-electron chi connectivity index (χ3n) is 3.46. The second-order valence-electron chi connectivity index (χ2n) is 5.24. The summed E-state index contributed by atoms with van der Waals surface area (Å²) in [6.45, 7) is 0.455. The van der Waals surface area contributed by atoms with E-state index in [-0.39, 0.29) is 11.8 Å². The Morgan fingerprint density at radius 3 is 2.54 bits per heavy atom. The van der Waals surface area contributed by atoms with Crippen LogP contribution in [0, 0.1) is 5.82 Å². The second kappa shape index (κ2) is 7.41. The zero-order chi connectivity index (χ0) is 16.8. The van der Waals surface area contributed by atoms with Crippen molar-refractivity contribution in [2.24, 2.45) is 0 Å². The molecule has 3 rings (SSSR count). The molecule has 0 spiro atoms. The van der Waals surface area contributed by atoms with Crippen molar-refractivity contribution >= 4 is 11.8 Å². The molecule has 122 valence electrons. The van der Waals surface area contributed by atoms with E-state index in [1.807, 2.05) is 30.3 Å². The molecule has 0 aliphatic rings. The monoisotopic (exact) mass is 324 g/mol. The van der Waals surface area contributed by atoms with Gasteiger partial charge >= 0.3 is 6.03 Å². The highest BCUT2D eigenvalue weighted by Gasteiger charge is 2.05. The topological polar surface area (TPSA) is 59.0 Å². The molecule has 0 fully saturated rings. The smallest absolute Gasteiger partial charge is 0.320 e. The molecule has 2 amide bonds. The number of carbonyl (C=O) groups is 1. The molecule has 0 radical (unpaired) electrons. The second-order valence-corrected chi connectivity index (χ2v) is 5.24. The first kappa shape index (κ1) is 15.7. The number of carbonyl (C=O) groups excluding carboxylic acids is 1. The molecule has 0 saturated carbocycles. The molecular formula is C18H17FN4O. The Morgan fingerprint density at radius 2 is 1.79 bits per heavy atom. The lowest BCUT2D eigenvalue weighted by Crippen LogP contribution is -2.30. The maximum atomic E-state index is 12.8. The molecule has 2 N–H and O–H groups in total. The van der Waals surface area contributed by atoms with Gasteiger partial charge in [0.25, 0.3) is 0 Å². The number of benzene rings is 2. The number of rotatable bonds is 5. The number of halogens is 1. The van der Waals surface area contributed by atoms with Crippen LogP contribution in [0.4, 0.5) is 15.0 Å². The standard InChI is InChI=1S/C18H17FN4O/c19-15-8-6-14(7-9-15)10-12-20-18(24)21-17-11-13-23(22-17)16-4-2-1-3-5-16/h1-9,11,13H,10,12H2,(H2,20,21,22,24). The third kappa shape index (κ3) is 4.19. The molecule has 0 atom stereocenters. The minimum atomic E-state index is -0.324. The van der Waals surface area contributed by atoms with Gasteiger partial charge in [-0.05, 0) is 36.2 Å². The maximum absolute atomic E-state index is 12.8. The van der Waals surface area contributed by atoms with Gasteiger partial charge in [0.2, 0.25) is 0 Å². The van der Waals surface area contributed by atoms with Crippen LogP contribution >= 0.6 is 0 Å². The lowest BCUT2D eigenvalue weighted by Gasteiger charge is -2.06. The van der Waals surface area contributed by atoms with Gasteiger partial charge in [-0.25, -0.2) is 13.9 Å². The molecule has 1 aromatic heterocycles. The summed E-state index contributed by atoms with van der Waals surface area (Å²) in [6.07, 6.45) is 2.41. The van der Waals surface area contributed by atoms with Crippen LogP contribution in [-0.4, -0.2) is 22.4 Å². The van der Waals surface area contributed by atoms with E-state index in [0.29, 0.717) is 18.8 Å². The molecule has 6 heteroatoms. The van der Waals surface area contributed by atoms with Crippen molar-refractivity contribution in [2.45, 2.75) is 6.42 Å². The number of nitrogens with zero attached hydrogens (tertiary/aromatic N) is 2. The molecule has 0 bridgehead atoms. The molecule has 1 heterocycles. The fraction of sp³-hybridized carbons (Fsp3) is 0.111. The van der Waals surface area contributed by atoms with Crippen molar-refractivity contribution in [2.75, 3.05) is 11.9 Å². The van der Waals surface area contributed by atoms with E-state index in [1.165, 1.54) is 12.1 Å². The zero-order valence-corrected chi connectivity index (χ0v) is 12.9. The molecule has 3 aromatic rings. The summed E-state index contributed by atoms with van der Waals surface area (Å²) in [5.74, 6) is 0.205. The highest BCUT2D eigenvalue weighted by molar-refractivity contribution is 5.88. The van der Waals surface area contributed by atoms with Gasteiger partial charge in [0.15, 0.2) is 5.82 Å². The van der Waals surface area contributed by atoms with Crippen molar-refractivity contribution in [1.82, 2.24) is 15.1 Å². The van der Waals surface area contributed by atoms with Crippen molar-refractivity contribution in [3.63, 3.8) is 0 Å². The molecule has 0 saturated heterocycles. The summed E-state index contributed by atoms with van der Waals surface area (Å²) in [5.41, 5.74) is 1.88. The average molecular weight is 324 g/mol. The fourth-order valence-corrected chi connectivity index (χ4v) is 2.25. The minimum absolute atomic E-state index is 0.265. The Kier molecular flexibility index (Phi) is 4.86. The highest BCUT2D eigenvalue weighted by atomic mass is 19.1. The van der Waals surface area contributed by atoms with Crippen LogP contribution < -0.4 is 10.6 Å². The van der Waals surface area contributed by atoms with Gasteiger partial charge < -0.3 is 5.32 Å². The van der Waals surface area contributed by atoms with E-state index in [2.05, 4.69) is 15.7 Å². The summed E-state index contributed by atoms with van der Waals surface area (Å²) in [5, 5.41) is 9.74. The number of aromatic nitrogens is 2. The normalized spacial score (nSPS) is 10.4. The summed E-state index contributed by atoms with van der Waals surface area (Å²) in [7, 11) is 0. The van der Waals surface area contributed by atoms with Crippen LogP contribution in [0.3, 0.4) is 0 Å². The van der Waals surface area contributed by atoms with E-state index < -0.39 is 0 Å². The molecule has 0 unspecified atom stereocenters. The summed E-state index contributed by atoms with van der Waals surface area (Å²) in [4.78, 5) is 11.9. The number of anilines is 1. The predicted molar refractivity (Wildman–Crippen MR) is 90.7 cm³/mol. The number of hydrogen-bond acceptors (Lipinski definition) is 2. The van der Waals surface area contributed by atoms with E-state index in [9.17, 15) is 9.18 Å². The van der Waals surface area contributed by atoms with Crippen molar-refractivity contribution in [3.8, 4) is 5.69 Å². The SMILES string of the molecule is O=C(NCCc1ccc(F)cc1)Nc1ccn(-c2ccccc2)n1. The molecule has 0 aliphatic heterocycles. The molecule has 0 aliphatic carbocycles. The first-order valence-electron chi connectivity index (χ1n) is 7.61. The van der Waals surface area contributed by atoms with Crippen molar-refractivity contribution < 1.29 is 9.18 Å². The minimum Gasteiger partial charge on any atom is -0.337 e. The third-order valence-corrected chi connectivity index (χ3v) is 3.46. The Hall–Kier alpha value is -3.15. The van der Waals surface area contributed by atoms with Gasteiger partial charge in [-0.15, -0.1) is 5.10 Å². The summed E-state index contributed by atoms with van der Waals surface area (Å²) >= 11 is 0. The summed E-state index contributed by atoms with van der Waals surface area (Å²) < 4.78 is 14.5. The fourth-order valence-electron chi connectivity index (χ4n) is 2.25. The Labute approximate surface area is 139 Å². The number of amides is 2. The van der Waals surface area contributed by atoms with Gasteiger partial charge in [-0.3, -0.25) is 5.32 Å². The Balaban J connectivity index is 1.48. The first-order valence-corrected chi connectivity index (χ1v) is 7.61. The van der Waals surface area contributed by atoms with Gasteiger partial charge in [-0.1, -0.05) is 30.3 Å². The number of nitrogens with one attached hydrogen (secondary N) is 2. The van der Waals surface area contributed by atoms with Crippen LogP contribution in [0.5, 0.6) is 0 Å². The van der Waals surface area contributed by atoms with Crippen LogP contribution in [0.2, 0.25) is 0 Å². The van der Waals surface area contributed by atoms with E-state index in [4.69, 9.17) is 0 Å². The van der Waals surface area contributed by atoms with E-state index >= 15 is 0 Å². The van der Waals surface area contributed by atoms with E-state index in [0.717, 1.165) is 11.3 Å². The van der Waals surface area contributed by atoms with Gasteiger partial charge in [-0.2, -0.15) is 0 Å². The highest BCUT2D eigenvalue weighted by Crippen LogP contribution is 2.09. The largest absolute Gasteiger partial charge is 0.337 e. The molecule has 2 aromatic carbocycles. The van der Waals surface area contributed by atoms with Gasteiger partial charge in [0, 0.05) is 18.8 Å². The van der Waals surface area contributed by atoms with Crippen LogP contribution in [0.15, 0.2) is 66.9 Å². The van der Waals surface area contributed by atoms with Crippen LogP contribution in [-0.2, 0) is 6.42 Å². The zero-order valence-electron chi connectivity index (χ0n) is 12.9. The van der Waals surface area contributed by atoms with Crippen molar-refractivity contribution in [1.29, 1.82) is 0 Å². The lowest BCUT2D eigenvalue weighted by atomic mass is 10.1. The van der Waals surface area contributed by atoms with Crippen LogP contribution in [0.25, 0.3) is 5.69 Å². The number of para-hydroxylation sites is 1. The predicted octanol–water partition coefficient (Wildman–Crippen LogP) is 3.38. The van der Waals surface area contributed by atoms with Gasteiger partial charge in [0.05, 0.1) is 5.69 Å². The van der Waals surface area contributed by atoms with Crippen LogP contribution in [0.1, 0.15) is 5.56 Å². The average Bonchev–Trinajstić information content (AvgIpc) is 3.06. The molecule has 24 heavy (non-hydrogen) atoms. The Bertz CT molecular complexity index is 799. The lowest BCUT2D eigenvalue weighted by molar-refractivity contribution is 0.252. The number of urea groups is 1. The molecule has 5 nitrogen and oxygen atoms in total. The van der Waals surface area contributed by atoms with E-state index in [1.54, 1.807) is 29.1 Å². The summed E-state index contributed by atoms with van der Waals surface area (Å²) in [6, 6.07) is 17.3. The molecular weight excluding hydrogens is 307 g/mol. The quantitative estimate of drug-likeness (QED) is 0.756. The first-order chi connectivity index (χ1) is 11.7. The Morgan fingerprint density at radius 1 is 1.04 bits per heavy atom.